The molecular formula is C15H19N3O3. The minimum Gasteiger partial charge on any atom is -0.479 e. The summed E-state index contributed by atoms with van der Waals surface area (Å²) in [5.74, 6) is 0.356. The molecule has 0 aromatic heterocycles. The summed E-state index contributed by atoms with van der Waals surface area (Å²) in [5, 5.41) is 0. The number of amides is 2. The van der Waals surface area contributed by atoms with Crippen molar-refractivity contribution in [1.82, 2.24) is 4.90 Å². The molecule has 1 atom stereocenters. The summed E-state index contributed by atoms with van der Waals surface area (Å²) in [5.41, 5.74) is 6.90. The van der Waals surface area contributed by atoms with Gasteiger partial charge in [0.15, 0.2) is 6.10 Å². The van der Waals surface area contributed by atoms with E-state index < -0.39 is 6.10 Å². The third kappa shape index (κ3) is 2.53. The van der Waals surface area contributed by atoms with Crippen LogP contribution in [0.3, 0.4) is 0 Å². The number of carbonyl (C=O) groups excluding carboxylic acids is 2. The van der Waals surface area contributed by atoms with Gasteiger partial charge in [-0.25, -0.2) is 0 Å². The molecule has 0 radical (unpaired) electrons. The molecule has 0 aliphatic carbocycles. The van der Waals surface area contributed by atoms with Gasteiger partial charge in [0.2, 0.25) is 5.91 Å². The molecule has 2 amide bonds. The summed E-state index contributed by atoms with van der Waals surface area (Å²) in [6.07, 6.45) is 1.47. The molecule has 6 nitrogen and oxygen atoms in total. The van der Waals surface area contributed by atoms with E-state index in [1.54, 1.807) is 30.0 Å². The number of nitrogens with zero attached hydrogens (tertiary/aromatic N) is 2. The lowest BCUT2D eigenvalue weighted by Crippen LogP contribution is -2.49. The molecule has 1 aromatic rings. The minimum absolute atomic E-state index is 0.0247. The molecule has 0 bridgehead atoms. The number of hydrogen-bond acceptors (Lipinski definition) is 4. The number of rotatable bonds is 2. The molecule has 2 heterocycles. The second-order valence-electron chi connectivity index (χ2n) is 5.50. The predicted molar refractivity (Wildman–Crippen MR) is 79.1 cm³/mol. The Balaban J connectivity index is 1.87. The maximum Gasteiger partial charge on any atom is 0.268 e. The monoisotopic (exact) mass is 289 g/mol. The standard InChI is InChI=1S/C15H19N3O3/c1-10-15(20)18(9-14(19)17-6-2-3-7-17)12-8-11(16)4-5-13(12)21-10/h4-5,8,10H,2-3,6-7,9,16H2,1H3. The molecule has 2 aliphatic heterocycles. The van der Waals surface area contributed by atoms with E-state index in [1.165, 1.54) is 4.90 Å². The molecule has 1 fully saturated rings. The Kier molecular flexibility index (Phi) is 3.45. The molecule has 1 aromatic carbocycles. The van der Waals surface area contributed by atoms with Crippen LogP contribution in [-0.4, -0.2) is 42.5 Å². The van der Waals surface area contributed by atoms with Crippen molar-refractivity contribution in [2.75, 3.05) is 30.3 Å². The third-order valence-electron chi connectivity index (χ3n) is 3.94. The highest BCUT2D eigenvalue weighted by Crippen LogP contribution is 2.35. The first-order chi connectivity index (χ1) is 10.1. The molecule has 3 rings (SSSR count). The first-order valence-corrected chi connectivity index (χ1v) is 7.21. The van der Waals surface area contributed by atoms with Crippen LogP contribution in [0.5, 0.6) is 5.75 Å². The Morgan fingerprint density at radius 1 is 1.38 bits per heavy atom. The first-order valence-electron chi connectivity index (χ1n) is 7.21. The van der Waals surface area contributed by atoms with Crippen LogP contribution < -0.4 is 15.4 Å². The van der Waals surface area contributed by atoms with Gasteiger partial charge in [-0.2, -0.15) is 0 Å². The fraction of sp³-hybridized carbons (Fsp3) is 0.467. The maximum absolute atomic E-state index is 12.3. The van der Waals surface area contributed by atoms with Crippen LogP contribution >= 0.6 is 0 Å². The van der Waals surface area contributed by atoms with Gasteiger partial charge in [0.25, 0.3) is 5.91 Å². The van der Waals surface area contributed by atoms with Crippen molar-refractivity contribution in [2.24, 2.45) is 0 Å². The highest BCUT2D eigenvalue weighted by Gasteiger charge is 2.34. The number of nitrogen functional groups attached to an aromatic ring is 1. The van der Waals surface area contributed by atoms with Crippen LogP contribution in [0.2, 0.25) is 0 Å². The molecule has 1 saturated heterocycles. The molecule has 1 unspecified atom stereocenters. The zero-order valence-corrected chi connectivity index (χ0v) is 12.0. The molecule has 112 valence electrons. The van der Waals surface area contributed by atoms with Gasteiger partial charge < -0.3 is 15.4 Å². The van der Waals surface area contributed by atoms with Gasteiger partial charge in [0, 0.05) is 18.8 Å². The van der Waals surface area contributed by atoms with Crippen molar-refractivity contribution in [3.63, 3.8) is 0 Å². The van der Waals surface area contributed by atoms with Crippen molar-refractivity contribution in [2.45, 2.75) is 25.9 Å². The molecule has 0 spiro atoms. The Bertz CT molecular complexity index is 582. The second kappa shape index (κ2) is 5.27. The Morgan fingerprint density at radius 3 is 2.81 bits per heavy atom. The van der Waals surface area contributed by atoms with E-state index in [1.807, 2.05) is 0 Å². The van der Waals surface area contributed by atoms with Gasteiger partial charge in [0.05, 0.1) is 5.69 Å². The van der Waals surface area contributed by atoms with E-state index in [0.717, 1.165) is 25.9 Å². The lowest BCUT2D eigenvalue weighted by atomic mass is 10.1. The highest BCUT2D eigenvalue weighted by molar-refractivity contribution is 6.04. The van der Waals surface area contributed by atoms with E-state index in [-0.39, 0.29) is 18.4 Å². The zero-order chi connectivity index (χ0) is 15.0. The molecule has 2 N–H and O–H groups in total. The topological polar surface area (TPSA) is 75.9 Å². The fourth-order valence-corrected chi connectivity index (χ4v) is 2.79. The number of fused-ring (bicyclic) bond motifs is 1. The number of hydrogen-bond donors (Lipinski definition) is 1. The minimum atomic E-state index is -0.590. The normalized spacial score (nSPS) is 21.2. The van der Waals surface area contributed by atoms with Crippen LogP contribution in [0.25, 0.3) is 0 Å². The molecule has 6 heteroatoms. The highest BCUT2D eigenvalue weighted by atomic mass is 16.5. The first kappa shape index (κ1) is 13.7. The van der Waals surface area contributed by atoms with Crippen molar-refractivity contribution in [1.29, 1.82) is 0 Å². The SMILES string of the molecule is CC1Oc2ccc(N)cc2N(CC(=O)N2CCCC2)C1=O. The van der Waals surface area contributed by atoms with E-state index in [4.69, 9.17) is 10.5 Å². The van der Waals surface area contributed by atoms with E-state index >= 15 is 0 Å². The quantitative estimate of drug-likeness (QED) is 0.824. The lowest BCUT2D eigenvalue weighted by Gasteiger charge is -2.33. The van der Waals surface area contributed by atoms with Crippen LogP contribution in [0, 0.1) is 0 Å². The Labute approximate surface area is 123 Å². The summed E-state index contributed by atoms with van der Waals surface area (Å²) in [6, 6.07) is 5.14. The van der Waals surface area contributed by atoms with E-state index in [2.05, 4.69) is 0 Å². The van der Waals surface area contributed by atoms with E-state index in [9.17, 15) is 9.59 Å². The molecule has 0 saturated carbocycles. The van der Waals surface area contributed by atoms with Gasteiger partial charge in [0.1, 0.15) is 12.3 Å². The van der Waals surface area contributed by atoms with Gasteiger partial charge in [-0.05, 0) is 38.0 Å². The molecular weight excluding hydrogens is 270 g/mol. The molecule has 2 aliphatic rings. The van der Waals surface area contributed by atoms with Gasteiger partial charge in [-0.3, -0.25) is 14.5 Å². The van der Waals surface area contributed by atoms with Crippen LogP contribution in [-0.2, 0) is 9.59 Å². The number of anilines is 2. The van der Waals surface area contributed by atoms with Crippen molar-refractivity contribution >= 4 is 23.2 Å². The smallest absolute Gasteiger partial charge is 0.268 e. The summed E-state index contributed by atoms with van der Waals surface area (Å²) in [4.78, 5) is 28.0. The number of carbonyl (C=O) groups is 2. The van der Waals surface area contributed by atoms with Crippen LogP contribution in [0.15, 0.2) is 18.2 Å². The van der Waals surface area contributed by atoms with Crippen LogP contribution in [0.4, 0.5) is 11.4 Å². The summed E-state index contributed by atoms with van der Waals surface area (Å²) in [7, 11) is 0. The zero-order valence-electron chi connectivity index (χ0n) is 12.0. The average molecular weight is 289 g/mol. The largest absolute Gasteiger partial charge is 0.479 e. The van der Waals surface area contributed by atoms with Gasteiger partial charge in [-0.1, -0.05) is 0 Å². The van der Waals surface area contributed by atoms with Crippen molar-refractivity contribution < 1.29 is 14.3 Å². The fourth-order valence-electron chi connectivity index (χ4n) is 2.79. The maximum atomic E-state index is 12.3. The van der Waals surface area contributed by atoms with Gasteiger partial charge in [-0.15, -0.1) is 0 Å². The summed E-state index contributed by atoms with van der Waals surface area (Å²) < 4.78 is 5.56. The Hall–Kier alpha value is -2.24. The predicted octanol–water partition coefficient (Wildman–Crippen LogP) is 1.01. The van der Waals surface area contributed by atoms with Crippen molar-refractivity contribution in [3.8, 4) is 5.75 Å². The molecule has 21 heavy (non-hydrogen) atoms. The summed E-state index contributed by atoms with van der Waals surface area (Å²) >= 11 is 0. The average Bonchev–Trinajstić information content (AvgIpc) is 2.99. The van der Waals surface area contributed by atoms with Crippen molar-refractivity contribution in [3.05, 3.63) is 18.2 Å². The number of likely N-dealkylation sites (tertiary alicyclic amines) is 1. The van der Waals surface area contributed by atoms with Crippen LogP contribution in [0.1, 0.15) is 19.8 Å². The number of benzene rings is 1. The lowest BCUT2D eigenvalue weighted by molar-refractivity contribution is -0.132. The second-order valence-corrected chi connectivity index (χ2v) is 5.50. The van der Waals surface area contributed by atoms with E-state index in [0.29, 0.717) is 17.1 Å². The number of nitrogens with two attached hydrogens (primary N) is 1. The van der Waals surface area contributed by atoms with Gasteiger partial charge >= 0.3 is 0 Å². The Morgan fingerprint density at radius 2 is 2.10 bits per heavy atom. The third-order valence-corrected chi connectivity index (χ3v) is 3.94. The number of ether oxygens (including phenoxy) is 1. The summed E-state index contributed by atoms with van der Waals surface area (Å²) in [6.45, 7) is 3.28.